The molecule has 4 unspecified atom stereocenters. The monoisotopic (exact) mass is 301 g/mol. The Hall–Kier alpha value is -0.0900. The first-order valence-electron chi connectivity index (χ1n) is 8.35. The minimum atomic E-state index is -2.77. The highest BCUT2D eigenvalue weighted by molar-refractivity contribution is 7.91. The molecule has 0 spiro atoms. The summed E-state index contributed by atoms with van der Waals surface area (Å²) in [7, 11) is -2.77. The predicted molar refractivity (Wildman–Crippen MR) is 84.5 cm³/mol. The zero-order valence-corrected chi connectivity index (χ0v) is 14.1. The Balaban J connectivity index is 2.06. The Morgan fingerprint density at radius 3 is 2.25 bits per heavy atom. The van der Waals surface area contributed by atoms with Crippen molar-refractivity contribution in [2.75, 3.05) is 18.1 Å². The average molecular weight is 301 g/mol. The lowest BCUT2D eigenvalue weighted by atomic mass is 9.71. The molecule has 118 valence electrons. The van der Waals surface area contributed by atoms with E-state index in [1.807, 2.05) is 0 Å². The van der Waals surface area contributed by atoms with Gasteiger partial charge in [-0.15, -0.1) is 0 Å². The number of sulfone groups is 1. The summed E-state index contributed by atoms with van der Waals surface area (Å²) in [5, 5.41) is 3.70. The lowest BCUT2D eigenvalue weighted by molar-refractivity contribution is 0.149. The van der Waals surface area contributed by atoms with Crippen LogP contribution in [0.15, 0.2) is 0 Å². The molecular weight excluding hydrogens is 270 g/mol. The Labute approximate surface area is 124 Å². The Morgan fingerprint density at radius 1 is 1.10 bits per heavy atom. The standard InChI is InChI=1S/C16H31NO2S/c1-4-6-17-16(14-5-7-20(18,19)11-14)15-9-12(2)8-13(3)10-15/h12-17H,4-11H2,1-3H3. The third kappa shape index (κ3) is 4.20. The van der Waals surface area contributed by atoms with Gasteiger partial charge in [0.1, 0.15) is 0 Å². The van der Waals surface area contributed by atoms with Gasteiger partial charge < -0.3 is 5.32 Å². The van der Waals surface area contributed by atoms with E-state index in [9.17, 15) is 8.42 Å². The van der Waals surface area contributed by atoms with Gasteiger partial charge in [-0.1, -0.05) is 20.8 Å². The molecule has 0 radical (unpaired) electrons. The Bertz CT molecular complexity index is 397. The number of rotatable bonds is 5. The molecule has 2 fully saturated rings. The summed E-state index contributed by atoms with van der Waals surface area (Å²) in [4.78, 5) is 0. The largest absolute Gasteiger partial charge is 0.313 e. The Kier molecular flexibility index (Phi) is 5.52. The van der Waals surface area contributed by atoms with E-state index in [-0.39, 0.29) is 0 Å². The molecule has 0 bridgehead atoms. The van der Waals surface area contributed by atoms with Crippen LogP contribution in [0.25, 0.3) is 0 Å². The summed E-state index contributed by atoms with van der Waals surface area (Å²) < 4.78 is 23.6. The molecule has 2 rings (SSSR count). The highest BCUT2D eigenvalue weighted by Gasteiger charge is 2.39. The summed E-state index contributed by atoms with van der Waals surface area (Å²) in [5.74, 6) is 3.39. The molecule has 0 aromatic heterocycles. The minimum absolute atomic E-state index is 0.342. The van der Waals surface area contributed by atoms with Gasteiger partial charge in [0.25, 0.3) is 0 Å². The lowest BCUT2D eigenvalue weighted by Crippen LogP contribution is -2.45. The molecule has 0 amide bonds. The highest BCUT2D eigenvalue weighted by Crippen LogP contribution is 2.38. The van der Waals surface area contributed by atoms with Crippen molar-refractivity contribution in [1.82, 2.24) is 5.32 Å². The van der Waals surface area contributed by atoms with Crippen LogP contribution in [0.4, 0.5) is 0 Å². The molecule has 1 saturated heterocycles. The van der Waals surface area contributed by atoms with Gasteiger partial charge in [-0.3, -0.25) is 0 Å². The van der Waals surface area contributed by atoms with Gasteiger partial charge >= 0.3 is 0 Å². The third-order valence-corrected chi connectivity index (χ3v) is 6.92. The molecule has 3 nitrogen and oxygen atoms in total. The molecule has 0 aromatic carbocycles. The fraction of sp³-hybridized carbons (Fsp3) is 1.00. The zero-order chi connectivity index (χ0) is 14.8. The summed E-state index contributed by atoms with van der Waals surface area (Å²) in [6.45, 7) is 7.90. The maximum absolute atomic E-state index is 11.8. The van der Waals surface area contributed by atoms with Crippen LogP contribution < -0.4 is 5.32 Å². The second-order valence-corrected chi connectivity index (χ2v) is 9.55. The topological polar surface area (TPSA) is 46.2 Å². The quantitative estimate of drug-likeness (QED) is 0.849. The molecule has 4 atom stereocenters. The van der Waals surface area contributed by atoms with Crippen molar-refractivity contribution < 1.29 is 8.42 Å². The van der Waals surface area contributed by atoms with Crippen molar-refractivity contribution in [1.29, 1.82) is 0 Å². The fourth-order valence-corrected chi connectivity index (χ4v) is 6.29. The van der Waals surface area contributed by atoms with Crippen LogP contribution in [0.1, 0.15) is 52.9 Å². The summed E-state index contributed by atoms with van der Waals surface area (Å²) in [6, 6.07) is 0.414. The molecule has 1 heterocycles. The van der Waals surface area contributed by atoms with Gasteiger partial charge in [0, 0.05) is 6.04 Å². The van der Waals surface area contributed by atoms with Crippen LogP contribution in [-0.2, 0) is 9.84 Å². The van der Waals surface area contributed by atoms with Crippen LogP contribution in [-0.4, -0.2) is 32.5 Å². The van der Waals surface area contributed by atoms with E-state index in [1.54, 1.807) is 0 Å². The van der Waals surface area contributed by atoms with Crippen LogP contribution in [0.5, 0.6) is 0 Å². The zero-order valence-electron chi connectivity index (χ0n) is 13.3. The first kappa shape index (κ1) is 16.3. The number of hydrogen-bond donors (Lipinski definition) is 1. The molecule has 4 heteroatoms. The van der Waals surface area contributed by atoms with Gasteiger partial charge in [-0.25, -0.2) is 8.42 Å². The van der Waals surface area contributed by atoms with E-state index >= 15 is 0 Å². The SMILES string of the molecule is CCCNC(C1CC(C)CC(C)C1)C1CCS(=O)(=O)C1. The second kappa shape index (κ2) is 6.78. The molecule has 1 aliphatic carbocycles. The third-order valence-electron chi connectivity index (χ3n) is 5.13. The van der Waals surface area contributed by atoms with Gasteiger partial charge in [0.05, 0.1) is 11.5 Å². The van der Waals surface area contributed by atoms with Crippen molar-refractivity contribution in [3.63, 3.8) is 0 Å². The van der Waals surface area contributed by atoms with Crippen molar-refractivity contribution in [2.24, 2.45) is 23.7 Å². The van der Waals surface area contributed by atoms with E-state index in [1.165, 1.54) is 19.3 Å². The molecule has 1 saturated carbocycles. The average Bonchev–Trinajstić information content (AvgIpc) is 2.69. The van der Waals surface area contributed by atoms with Crippen LogP contribution in [0.2, 0.25) is 0 Å². The van der Waals surface area contributed by atoms with Crippen molar-refractivity contribution >= 4 is 9.84 Å². The highest BCUT2D eigenvalue weighted by atomic mass is 32.2. The van der Waals surface area contributed by atoms with Crippen LogP contribution in [0, 0.1) is 23.7 Å². The molecular formula is C16H31NO2S. The van der Waals surface area contributed by atoms with E-state index in [4.69, 9.17) is 0 Å². The van der Waals surface area contributed by atoms with Crippen molar-refractivity contribution in [2.45, 2.75) is 58.9 Å². The van der Waals surface area contributed by atoms with Crippen molar-refractivity contribution in [3.8, 4) is 0 Å². The van der Waals surface area contributed by atoms with Gasteiger partial charge in [0.15, 0.2) is 9.84 Å². The van der Waals surface area contributed by atoms with E-state index in [2.05, 4.69) is 26.1 Å². The van der Waals surface area contributed by atoms with Crippen LogP contribution in [0.3, 0.4) is 0 Å². The van der Waals surface area contributed by atoms with Gasteiger partial charge in [0.2, 0.25) is 0 Å². The molecule has 1 N–H and O–H groups in total. The van der Waals surface area contributed by atoms with Crippen molar-refractivity contribution in [3.05, 3.63) is 0 Å². The first-order valence-corrected chi connectivity index (χ1v) is 10.2. The van der Waals surface area contributed by atoms with Gasteiger partial charge in [-0.05, 0) is 62.3 Å². The predicted octanol–water partition coefficient (Wildman–Crippen LogP) is 2.86. The summed E-state index contributed by atoms with van der Waals surface area (Å²) in [6.07, 6.45) is 5.85. The number of nitrogens with one attached hydrogen (secondary N) is 1. The molecule has 1 aliphatic heterocycles. The Morgan fingerprint density at radius 2 is 1.75 bits per heavy atom. The normalized spacial score (nSPS) is 38.8. The summed E-state index contributed by atoms with van der Waals surface area (Å²) >= 11 is 0. The minimum Gasteiger partial charge on any atom is -0.313 e. The van der Waals surface area contributed by atoms with Gasteiger partial charge in [-0.2, -0.15) is 0 Å². The smallest absolute Gasteiger partial charge is 0.150 e. The van der Waals surface area contributed by atoms with E-state index in [0.717, 1.165) is 31.2 Å². The van der Waals surface area contributed by atoms with Crippen LogP contribution >= 0.6 is 0 Å². The molecule has 20 heavy (non-hydrogen) atoms. The first-order chi connectivity index (χ1) is 9.41. The lowest BCUT2D eigenvalue weighted by Gasteiger charge is -2.39. The second-order valence-electron chi connectivity index (χ2n) is 7.32. The maximum Gasteiger partial charge on any atom is 0.150 e. The molecule has 0 aromatic rings. The molecule has 2 aliphatic rings. The maximum atomic E-state index is 11.8. The van der Waals surface area contributed by atoms with E-state index < -0.39 is 9.84 Å². The fourth-order valence-electron chi connectivity index (χ4n) is 4.44. The van der Waals surface area contributed by atoms with E-state index in [0.29, 0.717) is 29.4 Å². The summed E-state index contributed by atoms with van der Waals surface area (Å²) in [5.41, 5.74) is 0. The number of hydrogen-bond acceptors (Lipinski definition) is 3.